The van der Waals surface area contributed by atoms with Gasteiger partial charge in [0, 0.05) is 4.91 Å². The Hall–Kier alpha value is -1.81. The Labute approximate surface area is 172 Å². The average molecular weight is 405 g/mol. The SMILES string of the molecule is CCCCCCS/C(=C\CCc1ccc(OCc2ccccc2)cc1)C(F)F. The van der Waals surface area contributed by atoms with Crippen molar-refractivity contribution < 1.29 is 13.5 Å². The number of alkyl halides is 2. The quantitative estimate of drug-likeness (QED) is 0.317. The van der Waals surface area contributed by atoms with Crippen molar-refractivity contribution in [3.8, 4) is 5.75 Å². The molecule has 1 nitrogen and oxygen atoms in total. The van der Waals surface area contributed by atoms with E-state index in [-0.39, 0.29) is 4.91 Å². The summed E-state index contributed by atoms with van der Waals surface area (Å²) in [5.74, 6) is 1.60. The van der Waals surface area contributed by atoms with Crippen LogP contribution in [-0.4, -0.2) is 12.2 Å². The fourth-order valence-electron chi connectivity index (χ4n) is 2.80. The zero-order valence-electron chi connectivity index (χ0n) is 16.6. The first kappa shape index (κ1) is 22.5. The molecule has 0 aliphatic carbocycles. The van der Waals surface area contributed by atoms with Gasteiger partial charge >= 0.3 is 0 Å². The van der Waals surface area contributed by atoms with Crippen LogP contribution in [0.4, 0.5) is 8.78 Å². The largest absolute Gasteiger partial charge is 0.489 e. The Morgan fingerprint density at radius 3 is 2.39 bits per heavy atom. The van der Waals surface area contributed by atoms with Crippen LogP contribution in [0.3, 0.4) is 0 Å². The minimum absolute atomic E-state index is 0.222. The number of allylic oxidation sites excluding steroid dienone is 2. The monoisotopic (exact) mass is 404 g/mol. The molecule has 2 aromatic rings. The van der Waals surface area contributed by atoms with Crippen molar-refractivity contribution in [3.63, 3.8) is 0 Å². The number of ether oxygens (including phenoxy) is 1. The summed E-state index contributed by atoms with van der Waals surface area (Å²) in [6, 6.07) is 17.9. The van der Waals surface area contributed by atoms with E-state index in [1.54, 1.807) is 6.08 Å². The molecule has 0 aliphatic heterocycles. The van der Waals surface area contributed by atoms with E-state index in [1.807, 2.05) is 54.6 Å². The minimum Gasteiger partial charge on any atom is -0.489 e. The van der Waals surface area contributed by atoms with Gasteiger partial charge in [0.25, 0.3) is 6.43 Å². The van der Waals surface area contributed by atoms with Crippen LogP contribution in [0.1, 0.15) is 50.2 Å². The van der Waals surface area contributed by atoms with Gasteiger partial charge in [0.05, 0.1) is 0 Å². The summed E-state index contributed by atoms with van der Waals surface area (Å²) in [6.45, 7) is 2.69. The molecule has 2 aromatic carbocycles. The highest BCUT2D eigenvalue weighted by Crippen LogP contribution is 2.25. The highest BCUT2D eigenvalue weighted by Gasteiger charge is 2.11. The number of aryl methyl sites for hydroxylation is 1. The molecule has 152 valence electrons. The summed E-state index contributed by atoms with van der Waals surface area (Å²) < 4.78 is 32.1. The molecule has 0 saturated carbocycles. The number of rotatable bonds is 13. The number of unbranched alkanes of at least 4 members (excludes halogenated alkanes) is 3. The Morgan fingerprint density at radius 2 is 1.71 bits per heavy atom. The molecule has 0 aromatic heterocycles. The first-order valence-electron chi connectivity index (χ1n) is 10.1. The Bertz CT molecular complexity index is 684. The first-order chi connectivity index (χ1) is 13.7. The van der Waals surface area contributed by atoms with Crippen molar-refractivity contribution in [2.45, 2.75) is 58.5 Å². The summed E-state index contributed by atoms with van der Waals surface area (Å²) in [5.41, 5.74) is 2.26. The second kappa shape index (κ2) is 13.4. The molecule has 2 rings (SSSR count). The number of halogens is 2. The second-order valence-corrected chi connectivity index (χ2v) is 7.94. The lowest BCUT2D eigenvalue weighted by Gasteiger charge is -2.08. The van der Waals surface area contributed by atoms with Gasteiger partial charge in [0.1, 0.15) is 12.4 Å². The van der Waals surface area contributed by atoms with E-state index >= 15 is 0 Å². The van der Waals surface area contributed by atoms with Crippen LogP contribution in [0, 0.1) is 0 Å². The number of hydrogen-bond acceptors (Lipinski definition) is 2. The molecule has 0 saturated heterocycles. The molecule has 0 heterocycles. The average Bonchev–Trinajstić information content (AvgIpc) is 2.72. The van der Waals surface area contributed by atoms with Gasteiger partial charge in [-0.05, 0) is 48.3 Å². The second-order valence-electron chi connectivity index (χ2n) is 6.77. The van der Waals surface area contributed by atoms with Crippen LogP contribution in [0.2, 0.25) is 0 Å². The van der Waals surface area contributed by atoms with E-state index in [2.05, 4.69) is 6.92 Å². The summed E-state index contributed by atoms with van der Waals surface area (Å²) in [4.78, 5) is 0.222. The minimum atomic E-state index is -2.37. The third kappa shape index (κ3) is 8.92. The van der Waals surface area contributed by atoms with E-state index in [0.717, 1.165) is 48.3 Å². The molecule has 0 amide bonds. The zero-order valence-corrected chi connectivity index (χ0v) is 17.4. The Kier molecular flexibility index (Phi) is 10.7. The molecule has 0 radical (unpaired) electrons. The third-order valence-electron chi connectivity index (χ3n) is 4.43. The maximum atomic E-state index is 13.2. The van der Waals surface area contributed by atoms with Crippen molar-refractivity contribution in [2.75, 3.05) is 5.75 Å². The van der Waals surface area contributed by atoms with Crippen LogP contribution < -0.4 is 4.74 Å². The first-order valence-corrected chi connectivity index (χ1v) is 11.0. The van der Waals surface area contributed by atoms with Gasteiger partial charge in [-0.1, -0.05) is 74.7 Å². The third-order valence-corrected chi connectivity index (χ3v) is 5.60. The lowest BCUT2D eigenvalue weighted by molar-refractivity contribution is 0.199. The van der Waals surface area contributed by atoms with Crippen molar-refractivity contribution in [3.05, 3.63) is 76.7 Å². The molecule has 0 aliphatic rings. The van der Waals surface area contributed by atoms with Gasteiger partial charge in [-0.25, -0.2) is 8.78 Å². The zero-order chi connectivity index (χ0) is 20.0. The van der Waals surface area contributed by atoms with Gasteiger partial charge in [-0.3, -0.25) is 0 Å². The van der Waals surface area contributed by atoms with Gasteiger partial charge in [0.2, 0.25) is 0 Å². The van der Waals surface area contributed by atoms with Gasteiger partial charge < -0.3 is 4.74 Å². The van der Waals surface area contributed by atoms with E-state index in [0.29, 0.717) is 13.0 Å². The van der Waals surface area contributed by atoms with E-state index in [1.165, 1.54) is 18.2 Å². The molecule has 28 heavy (non-hydrogen) atoms. The molecular weight excluding hydrogens is 374 g/mol. The fraction of sp³-hybridized carbons (Fsp3) is 0.417. The van der Waals surface area contributed by atoms with Crippen molar-refractivity contribution >= 4 is 11.8 Å². The summed E-state index contributed by atoms with van der Waals surface area (Å²) in [7, 11) is 0. The summed E-state index contributed by atoms with van der Waals surface area (Å²) in [5, 5.41) is 0. The molecular formula is C24H30F2OS. The molecule has 4 heteroatoms. The maximum Gasteiger partial charge on any atom is 0.269 e. The smallest absolute Gasteiger partial charge is 0.269 e. The predicted molar refractivity (Wildman–Crippen MR) is 116 cm³/mol. The number of hydrogen-bond donors (Lipinski definition) is 0. The van der Waals surface area contributed by atoms with E-state index in [4.69, 9.17) is 4.74 Å². The van der Waals surface area contributed by atoms with Crippen LogP contribution in [0.25, 0.3) is 0 Å². The van der Waals surface area contributed by atoms with Crippen LogP contribution in [0.15, 0.2) is 65.6 Å². The van der Waals surface area contributed by atoms with Gasteiger partial charge in [0.15, 0.2) is 0 Å². The molecule has 0 fully saturated rings. The highest BCUT2D eigenvalue weighted by molar-refractivity contribution is 8.03. The Balaban J connectivity index is 1.75. The van der Waals surface area contributed by atoms with Crippen molar-refractivity contribution in [2.24, 2.45) is 0 Å². The summed E-state index contributed by atoms with van der Waals surface area (Å²) >= 11 is 1.31. The molecule has 0 atom stereocenters. The number of benzene rings is 2. The molecule has 0 bridgehead atoms. The standard InChI is InChI=1S/C24H30F2OS/c1-2-3-4-8-18-28-23(24(25)26)13-9-12-20-14-16-22(17-15-20)27-19-21-10-6-5-7-11-21/h5-7,10-11,13-17,24H,2-4,8-9,12,18-19H2,1H3/b23-13-. The van der Waals surface area contributed by atoms with Crippen molar-refractivity contribution in [1.29, 1.82) is 0 Å². The topological polar surface area (TPSA) is 9.23 Å². The fourth-order valence-corrected chi connectivity index (χ4v) is 3.75. The molecule has 0 unspecified atom stereocenters. The van der Waals surface area contributed by atoms with E-state index < -0.39 is 6.43 Å². The van der Waals surface area contributed by atoms with E-state index in [9.17, 15) is 8.78 Å². The van der Waals surface area contributed by atoms with Crippen molar-refractivity contribution in [1.82, 2.24) is 0 Å². The maximum absolute atomic E-state index is 13.2. The molecule has 0 spiro atoms. The van der Waals surface area contributed by atoms with Crippen LogP contribution in [0.5, 0.6) is 5.75 Å². The highest BCUT2D eigenvalue weighted by atomic mass is 32.2. The lowest BCUT2D eigenvalue weighted by Crippen LogP contribution is -1.96. The Morgan fingerprint density at radius 1 is 0.964 bits per heavy atom. The normalized spacial score (nSPS) is 11.8. The lowest BCUT2D eigenvalue weighted by atomic mass is 10.1. The van der Waals surface area contributed by atoms with Gasteiger partial charge in [-0.15, -0.1) is 11.8 Å². The van der Waals surface area contributed by atoms with Crippen LogP contribution >= 0.6 is 11.8 Å². The summed E-state index contributed by atoms with van der Waals surface area (Å²) in [6.07, 6.45) is 5.19. The van der Waals surface area contributed by atoms with Gasteiger partial charge in [-0.2, -0.15) is 0 Å². The molecule has 0 N–H and O–H groups in total. The number of thioether (sulfide) groups is 1. The van der Waals surface area contributed by atoms with Crippen LogP contribution in [-0.2, 0) is 13.0 Å². The predicted octanol–water partition coefficient (Wildman–Crippen LogP) is 7.66.